The lowest BCUT2D eigenvalue weighted by atomic mass is 10.1. The maximum absolute atomic E-state index is 11.2. The molecule has 0 heterocycles. The number of carbonyl (C=O) groups is 1. The number of ether oxygens (including phenoxy) is 1. The molecule has 3 nitrogen and oxygen atoms in total. The van der Waals surface area contributed by atoms with Gasteiger partial charge in [0.25, 0.3) is 0 Å². The van der Waals surface area contributed by atoms with Gasteiger partial charge < -0.3 is 9.84 Å². The number of aryl methyl sites for hydroxylation is 1. The molecule has 0 aromatic heterocycles. The first-order chi connectivity index (χ1) is 9.49. The van der Waals surface area contributed by atoms with Crippen molar-refractivity contribution in [2.75, 3.05) is 0 Å². The van der Waals surface area contributed by atoms with Gasteiger partial charge in [-0.05, 0) is 31.2 Å². The fourth-order valence-electron chi connectivity index (χ4n) is 1.76. The summed E-state index contributed by atoms with van der Waals surface area (Å²) in [6.07, 6.45) is 0. The van der Waals surface area contributed by atoms with Crippen LogP contribution in [0.15, 0.2) is 36.4 Å². The van der Waals surface area contributed by atoms with Crippen molar-refractivity contribution in [1.29, 1.82) is 0 Å². The molecule has 2 rings (SSSR count). The molecule has 0 aliphatic heterocycles. The fourth-order valence-corrected chi connectivity index (χ4v) is 2.26. The first-order valence-corrected chi connectivity index (χ1v) is 6.64. The summed E-state index contributed by atoms with van der Waals surface area (Å²) in [5.74, 6) is -0.743. The van der Waals surface area contributed by atoms with E-state index in [1.165, 1.54) is 0 Å². The lowest BCUT2D eigenvalue weighted by Gasteiger charge is -2.12. The Hall–Kier alpha value is -1.71. The van der Waals surface area contributed by atoms with Crippen molar-refractivity contribution in [3.8, 4) is 5.75 Å². The lowest BCUT2D eigenvalue weighted by Crippen LogP contribution is -2.04. The molecule has 0 atom stereocenters. The van der Waals surface area contributed by atoms with Crippen molar-refractivity contribution in [1.82, 2.24) is 0 Å². The number of benzene rings is 2. The summed E-state index contributed by atoms with van der Waals surface area (Å²) in [5, 5.41) is 10.1. The van der Waals surface area contributed by atoms with Gasteiger partial charge in [0, 0.05) is 15.6 Å². The number of rotatable bonds is 4. The van der Waals surface area contributed by atoms with Crippen molar-refractivity contribution in [3.63, 3.8) is 0 Å². The average Bonchev–Trinajstić information content (AvgIpc) is 2.39. The van der Waals surface area contributed by atoms with E-state index in [0.717, 1.165) is 5.56 Å². The Kier molecular flexibility index (Phi) is 4.53. The van der Waals surface area contributed by atoms with E-state index in [-0.39, 0.29) is 12.2 Å². The van der Waals surface area contributed by atoms with Crippen LogP contribution in [0.4, 0.5) is 0 Å². The molecular weight excluding hydrogens is 299 g/mol. The zero-order valence-electron chi connectivity index (χ0n) is 10.7. The van der Waals surface area contributed by atoms with Crippen LogP contribution < -0.4 is 4.74 Å². The maximum atomic E-state index is 11.2. The van der Waals surface area contributed by atoms with Crippen LogP contribution in [0.25, 0.3) is 0 Å². The molecule has 0 unspecified atom stereocenters. The fraction of sp³-hybridized carbons (Fsp3) is 0.133. The minimum absolute atomic E-state index is 0.113. The highest BCUT2D eigenvalue weighted by molar-refractivity contribution is 6.35. The van der Waals surface area contributed by atoms with Crippen molar-refractivity contribution in [2.24, 2.45) is 0 Å². The summed E-state index contributed by atoms with van der Waals surface area (Å²) in [4.78, 5) is 11.2. The predicted molar refractivity (Wildman–Crippen MR) is 78.9 cm³/mol. The molecule has 0 saturated carbocycles. The highest BCUT2D eigenvalue weighted by atomic mass is 35.5. The lowest BCUT2D eigenvalue weighted by molar-refractivity contribution is 0.0691. The molecule has 0 aliphatic rings. The minimum Gasteiger partial charge on any atom is -0.488 e. The standard InChI is InChI=1S/C15H12Cl2O3/c1-9-5-6-14(10(7-9)15(18)19)20-8-11-12(16)3-2-4-13(11)17/h2-7H,8H2,1H3,(H,18,19). The summed E-state index contributed by atoms with van der Waals surface area (Å²) >= 11 is 12.1. The maximum Gasteiger partial charge on any atom is 0.339 e. The van der Waals surface area contributed by atoms with Crippen LogP contribution in [0, 0.1) is 6.92 Å². The van der Waals surface area contributed by atoms with Crippen LogP contribution in [-0.4, -0.2) is 11.1 Å². The van der Waals surface area contributed by atoms with E-state index in [4.69, 9.17) is 33.0 Å². The number of carboxylic acid groups (broad SMARTS) is 1. The van der Waals surface area contributed by atoms with Crippen LogP contribution in [0.5, 0.6) is 5.75 Å². The summed E-state index contributed by atoms with van der Waals surface area (Å²) in [6, 6.07) is 10.1. The second kappa shape index (κ2) is 6.16. The van der Waals surface area contributed by atoms with Gasteiger partial charge in [-0.1, -0.05) is 40.9 Å². The molecule has 0 aliphatic carbocycles. The molecule has 0 saturated heterocycles. The van der Waals surface area contributed by atoms with Gasteiger partial charge in [0.05, 0.1) is 0 Å². The van der Waals surface area contributed by atoms with Gasteiger partial charge in [-0.3, -0.25) is 0 Å². The zero-order valence-corrected chi connectivity index (χ0v) is 12.2. The summed E-state index contributed by atoms with van der Waals surface area (Å²) < 4.78 is 5.55. The van der Waals surface area contributed by atoms with E-state index in [2.05, 4.69) is 0 Å². The molecular formula is C15H12Cl2O3. The summed E-state index contributed by atoms with van der Waals surface area (Å²) in [6.45, 7) is 1.93. The topological polar surface area (TPSA) is 46.5 Å². The van der Waals surface area contributed by atoms with E-state index >= 15 is 0 Å². The third kappa shape index (κ3) is 3.24. The number of carboxylic acids is 1. The van der Waals surface area contributed by atoms with Crippen molar-refractivity contribution in [2.45, 2.75) is 13.5 Å². The van der Waals surface area contributed by atoms with Gasteiger partial charge in [-0.15, -0.1) is 0 Å². The van der Waals surface area contributed by atoms with E-state index in [1.54, 1.807) is 36.4 Å². The summed E-state index contributed by atoms with van der Waals surface area (Å²) in [7, 11) is 0. The molecule has 0 fully saturated rings. The third-order valence-electron chi connectivity index (χ3n) is 2.80. The highest BCUT2D eigenvalue weighted by Gasteiger charge is 2.13. The van der Waals surface area contributed by atoms with Crippen LogP contribution in [0.2, 0.25) is 10.0 Å². The molecule has 0 radical (unpaired) electrons. The minimum atomic E-state index is -1.03. The molecule has 0 spiro atoms. The Balaban J connectivity index is 2.25. The van der Waals surface area contributed by atoms with E-state index < -0.39 is 5.97 Å². The van der Waals surface area contributed by atoms with Crippen LogP contribution >= 0.6 is 23.2 Å². The Labute approximate surface area is 126 Å². The second-order valence-corrected chi connectivity index (χ2v) is 5.11. The van der Waals surface area contributed by atoms with Crippen LogP contribution in [0.1, 0.15) is 21.5 Å². The summed E-state index contributed by atoms with van der Waals surface area (Å²) in [5.41, 5.74) is 1.60. The van der Waals surface area contributed by atoms with Gasteiger partial charge in [0.2, 0.25) is 0 Å². The monoisotopic (exact) mass is 310 g/mol. The Morgan fingerprint density at radius 1 is 1.20 bits per heavy atom. The number of hydrogen-bond donors (Lipinski definition) is 1. The largest absolute Gasteiger partial charge is 0.488 e. The van der Waals surface area contributed by atoms with E-state index in [9.17, 15) is 4.79 Å². The smallest absolute Gasteiger partial charge is 0.339 e. The normalized spacial score (nSPS) is 10.3. The molecule has 104 valence electrons. The van der Waals surface area contributed by atoms with Gasteiger partial charge in [-0.2, -0.15) is 0 Å². The Morgan fingerprint density at radius 3 is 2.45 bits per heavy atom. The zero-order chi connectivity index (χ0) is 14.7. The first-order valence-electron chi connectivity index (χ1n) is 5.88. The van der Waals surface area contributed by atoms with Crippen molar-refractivity contribution >= 4 is 29.2 Å². The van der Waals surface area contributed by atoms with Gasteiger partial charge in [-0.25, -0.2) is 4.79 Å². The van der Waals surface area contributed by atoms with Crippen molar-refractivity contribution in [3.05, 3.63) is 63.1 Å². The molecule has 0 amide bonds. The number of aromatic carboxylic acids is 1. The predicted octanol–water partition coefficient (Wildman–Crippen LogP) is 4.58. The average molecular weight is 311 g/mol. The first kappa shape index (κ1) is 14.7. The van der Waals surface area contributed by atoms with E-state index in [0.29, 0.717) is 21.4 Å². The van der Waals surface area contributed by atoms with Gasteiger partial charge in [0.1, 0.15) is 17.9 Å². The Morgan fingerprint density at radius 2 is 1.85 bits per heavy atom. The van der Waals surface area contributed by atoms with E-state index in [1.807, 2.05) is 6.92 Å². The van der Waals surface area contributed by atoms with Crippen molar-refractivity contribution < 1.29 is 14.6 Å². The highest BCUT2D eigenvalue weighted by Crippen LogP contribution is 2.27. The SMILES string of the molecule is Cc1ccc(OCc2c(Cl)cccc2Cl)c(C(=O)O)c1. The molecule has 0 bridgehead atoms. The number of hydrogen-bond acceptors (Lipinski definition) is 2. The third-order valence-corrected chi connectivity index (χ3v) is 3.51. The molecule has 2 aromatic rings. The van der Waals surface area contributed by atoms with Crippen LogP contribution in [0.3, 0.4) is 0 Å². The molecule has 1 N–H and O–H groups in total. The number of halogens is 2. The molecule has 20 heavy (non-hydrogen) atoms. The van der Waals surface area contributed by atoms with Gasteiger partial charge >= 0.3 is 5.97 Å². The van der Waals surface area contributed by atoms with Gasteiger partial charge in [0.15, 0.2) is 0 Å². The molecule has 5 heteroatoms. The quantitative estimate of drug-likeness (QED) is 0.899. The second-order valence-electron chi connectivity index (χ2n) is 4.29. The Bertz CT molecular complexity index is 633. The van der Waals surface area contributed by atoms with Crippen LogP contribution in [-0.2, 0) is 6.61 Å². The molecule has 2 aromatic carbocycles.